The van der Waals surface area contributed by atoms with E-state index in [0.717, 1.165) is 16.9 Å². The van der Waals surface area contributed by atoms with Gasteiger partial charge in [0.25, 0.3) is 11.8 Å². The van der Waals surface area contributed by atoms with Crippen LogP contribution in [0.1, 0.15) is 30.9 Å². The molecule has 0 radical (unpaired) electrons. The number of nitrogens with one attached hydrogen (secondary N) is 2. The predicted octanol–water partition coefficient (Wildman–Crippen LogP) is 1.66. The fraction of sp³-hybridized carbons (Fsp3) is 0.455. The van der Waals surface area contributed by atoms with Gasteiger partial charge >= 0.3 is 6.03 Å². The van der Waals surface area contributed by atoms with E-state index in [2.05, 4.69) is 10.6 Å². The molecule has 2 N–H and O–H groups in total. The van der Waals surface area contributed by atoms with Gasteiger partial charge in [-0.05, 0) is 42.8 Å². The summed E-state index contributed by atoms with van der Waals surface area (Å²) in [4.78, 5) is 40.8. The maximum absolute atomic E-state index is 13.0. The van der Waals surface area contributed by atoms with Gasteiger partial charge in [-0.3, -0.25) is 19.8 Å². The number of rotatable bonds is 8. The van der Waals surface area contributed by atoms with E-state index in [4.69, 9.17) is 26.4 Å². The fourth-order valence-corrected chi connectivity index (χ4v) is 3.67. The van der Waals surface area contributed by atoms with Gasteiger partial charge in [-0.15, -0.1) is 0 Å². The highest BCUT2D eigenvalue weighted by Crippen LogP contribution is 2.46. The first-order chi connectivity index (χ1) is 15.8. The molecule has 0 bridgehead atoms. The lowest BCUT2D eigenvalue weighted by atomic mass is 9.98. The second kappa shape index (κ2) is 10.5. The Labute approximate surface area is 197 Å². The molecule has 0 saturated carbocycles. The van der Waals surface area contributed by atoms with Crippen molar-refractivity contribution in [1.82, 2.24) is 20.4 Å². The maximum atomic E-state index is 13.0. The first kappa shape index (κ1) is 24.3. The van der Waals surface area contributed by atoms with Crippen molar-refractivity contribution in [3.8, 4) is 17.2 Å². The number of benzene rings is 1. The Morgan fingerprint density at radius 3 is 2.79 bits per heavy atom. The minimum atomic E-state index is -0.753. The number of likely N-dealkylation sites (N-methyl/N-ethyl adjacent to an activating group) is 1. The number of hydrogen-bond acceptors (Lipinski definition) is 7. The smallest absolute Gasteiger partial charge is 0.331 e. The van der Waals surface area contributed by atoms with E-state index >= 15 is 0 Å². The summed E-state index contributed by atoms with van der Waals surface area (Å²) in [5.74, 6) is -0.131. The lowest BCUT2D eigenvalue weighted by Crippen LogP contribution is -2.54. The molecule has 0 unspecified atom stereocenters. The molecule has 2 heterocycles. The third-order valence-corrected chi connectivity index (χ3v) is 5.95. The van der Waals surface area contributed by atoms with Crippen LogP contribution in [0, 0.1) is 0 Å². The van der Waals surface area contributed by atoms with E-state index in [1.54, 1.807) is 13.1 Å². The van der Waals surface area contributed by atoms with Gasteiger partial charge in [-0.25, -0.2) is 4.79 Å². The Hall–Kier alpha value is -3.34. The number of thiocarbonyl (C=S) groups is 1. The first-order valence-electron chi connectivity index (χ1n) is 10.6. The second-order valence-corrected chi connectivity index (χ2v) is 7.96. The number of fused-ring (bicyclic) bond motifs is 1. The van der Waals surface area contributed by atoms with Crippen molar-refractivity contribution in [3.63, 3.8) is 0 Å². The molecular weight excluding hydrogens is 448 g/mol. The molecule has 10 nitrogen and oxygen atoms in total. The molecule has 2 aliphatic heterocycles. The van der Waals surface area contributed by atoms with Crippen LogP contribution in [0.15, 0.2) is 11.6 Å². The number of imide groups is 2. The second-order valence-electron chi connectivity index (χ2n) is 7.57. The van der Waals surface area contributed by atoms with Gasteiger partial charge in [0.1, 0.15) is 5.57 Å². The number of amides is 4. The molecule has 3 rings (SSSR count). The number of methoxy groups -OCH3 is 1. The highest BCUT2D eigenvalue weighted by molar-refractivity contribution is 7.80. The number of unbranched alkanes of at least 4 members (excludes halogenated alkanes) is 1. The average molecular weight is 477 g/mol. The van der Waals surface area contributed by atoms with Crippen molar-refractivity contribution < 1.29 is 28.6 Å². The first-order valence-corrected chi connectivity index (χ1v) is 11.0. The molecule has 0 atom stereocenters. The molecule has 178 valence electrons. The van der Waals surface area contributed by atoms with Crippen LogP contribution in [0.5, 0.6) is 17.2 Å². The van der Waals surface area contributed by atoms with Crippen LogP contribution >= 0.6 is 12.2 Å². The number of nitrogens with zero attached hydrogens (tertiary/aromatic N) is 2. The van der Waals surface area contributed by atoms with Crippen LogP contribution < -0.4 is 24.8 Å². The van der Waals surface area contributed by atoms with Gasteiger partial charge in [0.15, 0.2) is 16.6 Å². The molecule has 0 aromatic heterocycles. The Morgan fingerprint density at radius 2 is 2.12 bits per heavy atom. The molecule has 1 aromatic carbocycles. The van der Waals surface area contributed by atoms with Gasteiger partial charge in [0, 0.05) is 32.7 Å². The molecule has 1 saturated heterocycles. The standard InChI is InChI=1S/C22H28N4O6S/c1-5-6-8-26-20(28)15(19(27)24-21(26)29)11-14-13(7-9-25(3)22(33)23-2)10-16-18(17(14)30-4)32-12-31-16/h10-11H,5-9,12H2,1-4H3,(H,23,33)(H,24,27,29)/b15-11+. The summed E-state index contributed by atoms with van der Waals surface area (Å²) in [6.45, 7) is 2.77. The molecule has 11 heteroatoms. The van der Waals surface area contributed by atoms with Crippen LogP contribution in [0.3, 0.4) is 0 Å². The van der Waals surface area contributed by atoms with Crippen molar-refractivity contribution in [2.75, 3.05) is 41.1 Å². The molecule has 4 amide bonds. The number of urea groups is 1. The van der Waals surface area contributed by atoms with Crippen molar-refractivity contribution >= 4 is 41.3 Å². The van der Waals surface area contributed by atoms with Gasteiger partial charge in [-0.1, -0.05) is 13.3 Å². The normalized spacial score (nSPS) is 16.2. The zero-order valence-electron chi connectivity index (χ0n) is 19.1. The summed E-state index contributed by atoms with van der Waals surface area (Å²) in [5.41, 5.74) is 1.13. The lowest BCUT2D eigenvalue weighted by molar-refractivity contribution is -0.130. The van der Waals surface area contributed by atoms with Gasteiger partial charge in [0.2, 0.25) is 12.5 Å². The quantitative estimate of drug-likeness (QED) is 0.329. The summed E-state index contributed by atoms with van der Waals surface area (Å²) < 4.78 is 16.7. The maximum Gasteiger partial charge on any atom is 0.331 e. The third kappa shape index (κ3) is 5.03. The minimum absolute atomic E-state index is 0.0353. The van der Waals surface area contributed by atoms with Crippen molar-refractivity contribution in [3.05, 3.63) is 22.8 Å². The Kier molecular flexibility index (Phi) is 7.75. The third-order valence-electron chi connectivity index (χ3n) is 5.43. The van der Waals surface area contributed by atoms with Crippen molar-refractivity contribution in [2.45, 2.75) is 26.2 Å². The molecular formula is C22H28N4O6S. The van der Waals surface area contributed by atoms with E-state index < -0.39 is 17.8 Å². The van der Waals surface area contributed by atoms with Gasteiger partial charge < -0.3 is 24.4 Å². The molecule has 33 heavy (non-hydrogen) atoms. The lowest BCUT2D eigenvalue weighted by Gasteiger charge is -2.26. The van der Waals surface area contributed by atoms with E-state index in [0.29, 0.717) is 47.3 Å². The average Bonchev–Trinajstić information content (AvgIpc) is 3.27. The number of carbonyl (C=O) groups excluding carboxylic acids is 3. The van der Waals surface area contributed by atoms with Gasteiger partial charge in [0.05, 0.1) is 7.11 Å². The molecule has 1 fully saturated rings. The van der Waals surface area contributed by atoms with Crippen LogP contribution in [-0.2, 0) is 16.0 Å². The number of ether oxygens (including phenoxy) is 3. The predicted molar refractivity (Wildman–Crippen MR) is 125 cm³/mol. The Bertz CT molecular complexity index is 1010. The highest BCUT2D eigenvalue weighted by atomic mass is 32.1. The Morgan fingerprint density at radius 1 is 1.36 bits per heavy atom. The minimum Gasteiger partial charge on any atom is -0.492 e. The van der Waals surface area contributed by atoms with E-state index in [9.17, 15) is 14.4 Å². The largest absolute Gasteiger partial charge is 0.492 e. The van der Waals surface area contributed by atoms with E-state index in [-0.39, 0.29) is 18.9 Å². The van der Waals surface area contributed by atoms with E-state index in [1.807, 2.05) is 18.9 Å². The highest BCUT2D eigenvalue weighted by Gasteiger charge is 2.36. The van der Waals surface area contributed by atoms with Crippen LogP contribution in [-0.4, -0.2) is 73.8 Å². The molecule has 0 aliphatic carbocycles. The molecule has 1 aromatic rings. The van der Waals surface area contributed by atoms with Crippen molar-refractivity contribution in [1.29, 1.82) is 0 Å². The summed E-state index contributed by atoms with van der Waals surface area (Å²) in [6.07, 6.45) is 3.40. The molecule has 2 aliphatic rings. The van der Waals surface area contributed by atoms with Crippen LogP contribution in [0.25, 0.3) is 6.08 Å². The summed E-state index contributed by atoms with van der Waals surface area (Å²) in [7, 11) is 5.08. The van der Waals surface area contributed by atoms with E-state index in [1.165, 1.54) is 13.2 Å². The topological polar surface area (TPSA) is 109 Å². The summed E-state index contributed by atoms with van der Waals surface area (Å²) in [5, 5.41) is 5.75. The van der Waals surface area contributed by atoms with Crippen LogP contribution in [0.4, 0.5) is 4.79 Å². The number of carbonyl (C=O) groups is 3. The number of hydrogen-bond donors (Lipinski definition) is 2. The zero-order valence-corrected chi connectivity index (χ0v) is 20.0. The fourth-order valence-electron chi connectivity index (χ4n) is 3.58. The van der Waals surface area contributed by atoms with Crippen molar-refractivity contribution in [2.24, 2.45) is 0 Å². The molecule has 0 spiro atoms. The summed E-state index contributed by atoms with van der Waals surface area (Å²) in [6, 6.07) is 1.09. The SMILES string of the molecule is CCCCN1C(=O)NC(=O)/C(=C\c2c(CCN(C)C(=S)NC)cc3c(c2OC)OCO3)C1=O. The Balaban J connectivity index is 2.05. The monoisotopic (exact) mass is 476 g/mol. The number of barbiturate groups is 1. The van der Waals surface area contributed by atoms with Gasteiger partial charge in [-0.2, -0.15) is 0 Å². The zero-order chi connectivity index (χ0) is 24.1. The summed E-state index contributed by atoms with van der Waals surface area (Å²) >= 11 is 5.27. The van der Waals surface area contributed by atoms with Crippen LogP contribution in [0.2, 0.25) is 0 Å².